The standard InChI is InChI=1S/C15H14F2N2O/c1-9-6-13(17)14(7-12(9)16)19-8-10-2-4-11(5-3-10)15(18)20/h2-7,19H,8H2,1H3,(H2,18,20). The summed E-state index contributed by atoms with van der Waals surface area (Å²) in [7, 11) is 0. The molecule has 0 aliphatic rings. The van der Waals surface area contributed by atoms with Crippen LogP contribution in [0, 0.1) is 18.6 Å². The Morgan fingerprint density at radius 3 is 2.40 bits per heavy atom. The molecule has 0 bridgehead atoms. The summed E-state index contributed by atoms with van der Waals surface area (Å²) in [5.41, 5.74) is 6.73. The van der Waals surface area contributed by atoms with Crippen LogP contribution < -0.4 is 11.1 Å². The fourth-order valence-corrected chi connectivity index (χ4v) is 1.77. The zero-order valence-electron chi connectivity index (χ0n) is 10.9. The molecule has 0 aromatic heterocycles. The molecule has 0 saturated heterocycles. The number of hydrogen-bond donors (Lipinski definition) is 2. The molecule has 0 atom stereocenters. The number of carbonyl (C=O) groups is 1. The van der Waals surface area contributed by atoms with Gasteiger partial charge in [-0.1, -0.05) is 12.1 Å². The second-order valence-electron chi connectivity index (χ2n) is 4.50. The second kappa shape index (κ2) is 5.69. The first-order valence-electron chi connectivity index (χ1n) is 6.05. The molecule has 3 N–H and O–H groups in total. The number of aryl methyl sites for hydroxylation is 1. The molecule has 0 fully saturated rings. The van der Waals surface area contributed by atoms with Crippen LogP contribution in [0.1, 0.15) is 21.5 Å². The van der Waals surface area contributed by atoms with Crippen molar-refractivity contribution in [2.45, 2.75) is 13.5 Å². The van der Waals surface area contributed by atoms with E-state index in [9.17, 15) is 13.6 Å². The van der Waals surface area contributed by atoms with Crippen molar-refractivity contribution >= 4 is 11.6 Å². The lowest BCUT2D eigenvalue weighted by Gasteiger charge is -2.09. The molecule has 0 unspecified atom stereocenters. The van der Waals surface area contributed by atoms with E-state index < -0.39 is 17.5 Å². The minimum Gasteiger partial charge on any atom is -0.379 e. The molecule has 5 heteroatoms. The summed E-state index contributed by atoms with van der Waals surface area (Å²) in [6, 6.07) is 8.86. The Labute approximate surface area is 115 Å². The van der Waals surface area contributed by atoms with Gasteiger partial charge in [-0.25, -0.2) is 8.78 Å². The molecule has 0 heterocycles. The predicted octanol–water partition coefficient (Wildman–Crippen LogP) is 2.98. The second-order valence-corrected chi connectivity index (χ2v) is 4.50. The first-order chi connectivity index (χ1) is 9.47. The van der Waals surface area contributed by atoms with Gasteiger partial charge in [0, 0.05) is 18.2 Å². The highest BCUT2D eigenvalue weighted by Gasteiger charge is 2.07. The summed E-state index contributed by atoms with van der Waals surface area (Å²) in [5.74, 6) is -1.47. The number of nitrogens with two attached hydrogens (primary N) is 1. The number of halogens is 2. The molecule has 0 aliphatic carbocycles. The van der Waals surface area contributed by atoms with Crippen LogP contribution in [0.15, 0.2) is 36.4 Å². The quantitative estimate of drug-likeness (QED) is 0.902. The molecule has 2 rings (SSSR count). The maximum atomic E-state index is 13.6. The van der Waals surface area contributed by atoms with Crippen molar-refractivity contribution in [2.75, 3.05) is 5.32 Å². The molecular formula is C15H14F2N2O. The number of carbonyl (C=O) groups excluding carboxylic acids is 1. The van der Waals surface area contributed by atoms with Gasteiger partial charge in [-0.2, -0.15) is 0 Å². The Morgan fingerprint density at radius 1 is 1.15 bits per heavy atom. The zero-order valence-corrected chi connectivity index (χ0v) is 10.9. The third-order valence-electron chi connectivity index (χ3n) is 2.97. The molecule has 1 amide bonds. The zero-order chi connectivity index (χ0) is 14.7. The average molecular weight is 276 g/mol. The van der Waals surface area contributed by atoms with Crippen LogP contribution in [0.3, 0.4) is 0 Å². The Morgan fingerprint density at radius 2 is 1.80 bits per heavy atom. The Balaban J connectivity index is 2.09. The molecule has 0 aliphatic heterocycles. The highest BCUT2D eigenvalue weighted by Crippen LogP contribution is 2.19. The molecule has 104 valence electrons. The van der Waals surface area contributed by atoms with Gasteiger partial charge < -0.3 is 11.1 Å². The van der Waals surface area contributed by atoms with Crippen LogP contribution in [-0.4, -0.2) is 5.91 Å². The van der Waals surface area contributed by atoms with Crippen molar-refractivity contribution < 1.29 is 13.6 Å². The summed E-state index contributed by atoms with van der Waals surface area (Å²) < 4.78 is 27.0. The smallest absolute Gasteiger partial charge is 0.248 e. The number of rotatable bonds is 4. The van der Waals surface area contributed by atoms with E-state index in [1.165, 1.54) is 6.92 Å². The summed E-state index contributed by atoms with van der Waals surface area (Å²) in [6.07, 6.45) is 0. The van der Waals surface area contributed by atoms with Crippen LogP contribution >= 0.6 is 0 Å². The van der Waals surface area contributed by atoms with Gasteiger partial charge >= 0.3 is 0 Å². The topological polar surface area (TPSA) is 55.1 Å². The van der Waals surface area contributed by atoms with E-state index in [2.05, 4.69) is 5.32 Å². The number of hydrogen-bond acceptors (Lipinski definition) is 2. The van der Waals surface area contributed by atoms with Crippen molar-refractivity contribution in [3.8, 4) is 0 Å². The summed E-state index contributed by atoms with van der Waals surface area (Å²) >= 11 is 0. The van der Waals surface area contributed by atoms with Crippen LogP contribution in [0.25, 0.3) is 0 Å². The fourth-order valence-electron chi connectivity index (χ4n) is 1.77. The largest absolute Gasteiger partial charge is 0.379 e. The summed E-state index contributed by atoms with van der Waals surface area (Å²) in [5, 5.41) is 2.81. The van der Waals surface area contributed by atoms with E-state index in [1.807, 2.05) is 0 Å². The minimum atomic E-state index is -0.504. The molecule has 0 spiro atoms. The van der Waals surface area contributed by atoms with E-state index in [0.717, 1.165) is 17.7 Å². The van der Waals surface area contributed by atoms with Crippen molar-refractivity contribution in [2.24, 2.45) is 5.73 Å². The molecule has 20 heavy (non-hydrogen) atoms. The molecule has 0 saturated carbocycles. The molecule has 0 radical (unpaired) electrons. The third kappa shape index (κ3) is 3.12. The van der Waals surface area contributed by atoms with Crippen molar-refractivity contribution in [3.63, 3.8) is 0 Å². The first-order valence-corrected chi connectivity index (χ1v) is 6.05. The van der Waals surface area contributed by atoms with Gasteiger partial charge in [-0.15, -0.1) is 0 Å². The summed E-state index contributed by atoms with van der Waals surface area (Å²) in [6.45, 7) is 1.82. The SMILES string of the molecule is Cc1cc(F)c(NCc2ccc(C(N)=O)cc2)cc1F. The normalized spacial score (nSPS) is 10.3. The number of primary amides is 1. The number of nitrogens with one attached hydrogen (secondary N) is 1. The maximum absolute atomic E-state index is 13.6. The summed E-state index contributed by atoms with van der Waals surface area (Å²) in [4.78, 5) is 10.9. The van der Waals surface area contributed by atoms with Gasteiger partial charge in [0.1, 0.15) is 11.6 Å². The van der Waals surface area contributed by atoms with Gasteiger partial charge in [0.15, 0.2) is 0 Å². The Hall–Kier alpha value is -2.43. The molecular weight excluding hydrogens is 262 g/mol. The van der Waals surface area contributed by atoms with Gasteiger partial charge in [0.25, 0.3) is 0 Å². The van der Waals surface area contributed by atoms with E-state index in [4.69, 9.17) is 5.73 Å². The monoisotopic (exact) mass is 276 g/mol. The third-order valence-corrected chi connectivity index (χ3v) is 2.97. The minimum absolute atomic E-state index is 0.104. The van der Waals surface area contributed by atoms with Crippen LogP contribution in [0.5, 0.6) is 0 Å². The lowest BCUT2D eigenvalue weighted by molar-refractivity contribution is 0.100. The average Bonchev–Trinajstić information content (AvgIpc) is 2.42. The van der Waals surface area contributed by atoms with Crippen LogP contribution in [0.2, 0.25) is 0 Å². The van der Waals surface area contributed by atoms with Crippen molar-refractivity contribution in [1.29, 1.82) is 0 Å². The lowest BCUT2D eigenvalue weighted by Crippen LogP contribution is -2.11. The first kappa shape index (κ1) is 14.0. The van der Waals surface area contributed by atoms with E-state index >= 15 is 0 Å². The predicted molar refractivity (Wildman–Crippen MR) is 73.4 cm³/mol. The lowest BCUT2D eigenvalue weighted by atomic mass is 10.1. The maximum Gasteiger partial charge on any atom is 0.248 e. The van der Waals surface area contributed by atoms with Gasteiger partial charge in [0.05, 0.1) is 5.69 Å². The highest BCUT2D eigenvalue weighted by molar-refractivity contribution is 5.92. The van der Waals surface area contributed by atoms with Gasteiger partial charge in [-0.05, 0) is 36.2 Å². The van der Waals surface area contributed by atoms with Crippen molar-refractivity contribution in [3.05, 3.63) is 64.7 Å². The van der Waals surface area contributed by atoms with E-state index in [1.54, 1.807) is 24.3 Å². The highest BCUT2D eigenvalue weighted by atomic mass is 19.1. The fraction of sp³-hybridized carbons (Fsp3) is 0.133. The Bertz CT molecular complexity index is 639. The number of benzene rings is 2. The van der Waals surface area contributed by atoms with E-state index in [0.29, 0.717) is 12.1 Å². The Kier molecular flexibility index (Phi) is 3.98. The van der Waals surface area contributed by atoms with Crippen LogP contribution in [-0.2, 0) is 6.54 Å². The van der Waals surface area contributed by atoms with Gasteiger partial charge in [0.2, 0.25) is 5.91 Å². The van der Waals surface area contributed by atoms with Gasteiger partial charge in [-0.3, -0.25) is 4.79 Å². The van der Waals surface area contributed by atoms with Crippen LogP contribution in [0.4, 0.5) is 14.5 Å². The molecule has 3 nitrogen and oxygen atoms in total. The number of amides is 1. The molecule has 2 aromatic carbocycles. The van der Waals surface area contributed by atoms with E-state index in [-0.39, 0.29) is 11.3 Å². The number of anilines is 1. The molecule has 2 aromatic rings. The van der Waals surface area contributed by atoms with Crippen molar-refractivity contribution in [1.82, 2.24) is 0 Å².